The molecule has 0 bridgehead atoms. The molecular formula is C21H23ClN2O4. The third kappa shape index (κ3) is 5.24. The van der Waals surface area contributed by atoms with Gasteiger partial charge in [-0.3, -0.25) is 9.59 Å². The maximum Gasteiger partial charge on any atom is 0.262 e. The Morgan fingerprint density at radius 3 is 2.71 bits per heavy atom. The van der Waals surface area contributed by atoms with Crippen molar-refractivity contribution in [1.82, 2.24) is 5.32 Å². The maximum atomic E-state index is 12.2. The number of carbonyl (C=O) groups is 2. The normalized spacial score (nSPS) is 12.4. The Morgan fingerprint density at radius 1 is 1.11 bits per heavy atom. The summed E-state index contributed by atoms with van der Waals surface area (Å²) in [5.41, 5.74) is 3.49. The summed E-state index contributed by atoms with van der Waals surface area (Å²) in [4.78, 5) is 24.2. The Labute approximate surface area is 169 Å². The van der Waals surface area contributed by atoms with E-state index >= 15 is 0 Å². The summed E-state index contributed by atoms with van der Waals surface area (Å²) in [5.74, 6) is 0.102. The number of halogens is 1. The van der Waals surface area contributed by atoms with E-state index in [1.54, 1.807) is 25.3 Å². The van der Waals surface area contributed by atoms with Crippen molar-refractivity contribution in [3.63, 3.8) is 0 Å². The van der Waals surface area contributed by atoms with Crippen LogP contribution < -0.4 is 15.4 Å². The average Bonchev–Trinajstić information content (AvgIpc) is 3.14. The molecule has 0 saturated heterocycles. The van der Waals surface area contributed by atoms with Gasteiger partial charge in [-0.15, -0.1) is 0 Å². The van der Waals surface area contributed by atoms with Crippen LogP contribution in [0, 0.1) is 0 Å². The Kier molecular flexibility index (Phi) is 6.90. The molecule has 0 saturated carbocycles. The van der Waals surface area contributed by atoms with E-state index in [1.807, 2.05) is 12.1 Å². The van der Waals surface area contributed by atoms with Gasteiger partial charge in [0.2, 0.25) is 0 Å². The molecule has 0 unspecified atom stereocenters. The van der Waals surface area contributed by atoms with E-state index in [0.29, 0.717) is 30.2 Å². The van der Waals surface area contributed by atoms with E-state index < -0.39 is 0 Å². The highest BCUT2D eigenvalue weighted by atomic mass is 35.5. The van der Waals surface area contributed by atoms with Gasteiger partial charge in [-0.25, -0.2) is 0 Å². The van der Waals surface area contributed by atoms with Gasteiger partial charge in [0, 0.05) is 19.3 Å². The first-order chi connectivity index (χ1) is 13.6. The minimum atomic E-state index is -0.297. The number of hydrogen-bond donors (Lipinski definition) is 2. The first-order valence-corrected chi connectivity index (χ1v) is 9.56. The second kappa shape index (κ2) is 9.57. The van der Waals surface area contributed by atoms with Gasteiger partial charge in [0.1, 0.15) is 5.75 Å². The third-order valence-electron chi connectivity index (χ3n) is 4.53. The second-order valence-corrected chi connectivity index (χ2v) is 6.97. The number of methoxy groups -OCH3 is 1. The van der Waals surface area contributed by atoms with E-state index in [9.17, 15) is 9.59 Å². The summed E-state index contributed by atoms with van der Waals surface area (Å²) in [6, 6.07) is 10.7. The fourth-order valence-electron chi connectivity index (χ4n) is 3.12. The maximum absolute atomic E-state index is 12.2. The Bertz CT molecular complexity index is 869. The molecule has 0 heterocycles. The van der Waals surface area contributed by atoms with Gasteiger partial charge < -0.3 is 20.1 Å². The van der Waals surface area contributed by atoms with Gasteiger partial charge in [0.25, 0.3) is 11.8 Å². The summed E-state index contributed by atoms with van der Waals surface area (Å²) in [7, 11) is 1.56. The number of amides is 2. The molecule has 0 fully saturated rings. The molecule has 7 heteroatoms. The smallest absolute Gasteiger partial charge is 0.262 e. The van der Waals surface area contributed by atoms with Crippen LogP contribution in [0.15, 0.2) is 36.4 Å². The summed E-state index contributed by atoms with van der Waals surface area (Å²) in [6.45, 7) is 0.710. The summed E-state index contributed by atoms with van der Waals surface area (Å²) < 4.78 is 10.5. The zero-order valence-corrected chi connectivity index (χ0v) is 16.5. The first kappa shape index (κ1) is 20.2. The van der Waals surface area contributed by atoms with E-state index in [4.69, 9.17) is 21.1 Å². The quantitative estimate of drug-likeness (QED) is 0.665. The molecule has 148 valence electrons. The number of nitrogens with one attached hydrogen (secondary N) is 2. The van der Waals surface area contributed by atoms with Gasteiger partial charge in [0.05, 0.1) is 17.2 Å². The SMILES string of the molecule is COCCNC(=O)c1ccc(NC(=O)COc2ccc3c(c2)CCC3)cc1Cl. The average molecular weight is 403 g/mol. The van der Waals surface area contributed by atoms with Crippen LogP contribution in [0.3, 0.4) is 0 Å². The molecule has 1 aliphatic rings. The number of ether oxygens (including phenoxy) is 2. The van der Waals surface area contributed by atoms with Gasteiger partial charge in [0.15, 0.2) is 6.61 Å². The molecule has 1 aliphatic carbocycles. The van der Waals surface area contributed by atoms with Crippen molar-refractivity contribution >= 4 is 29.1 Å². The summed E-state index contributed by atoms with van der Waals surface area (Å²) >= 11 is 6.17. The van der Waals surface area contributed by atoms with E-state index in [0.717, 1.165) is 12.8 Å². The van der Waals surface area contributed by atoms with Crippen LogP contribution in [-0.2, 0) is 22.4 Å². The zero-order valence-electron chi connectivity index (χ0n) is 15.7. The number of benzene rings is 2. The molecule has 28 heavy (non-hydrogen) atoms. The highest BCUT2D eigenvalue weighted by Gasteiger charge is 2.13. The lowest BCUT2D eigenvalue weighted by Gasteiger charge is -2.11. The predicted octanol–water partition coefficient (Wildman–Crippen LogP) is 3.22. The highest BCUT2D eigenvalue weighted by molar-refractivity contribution is 6.34. The number of hydrogen-bond acceptors (Lipinski definition) is 4. The van der Waals surface area contributed by atoms with Crippen LogP contribution in [0.2, 0.25) is 5.02 Å². The van der Waals surface area contributed by atoms with E-state index in [2.05, 4.69) is 16.7 Å². The zero-order chi connectivity index (χ0) is 19.9. The molecule has 2 aromatic carbocycles. The van der Waals surface area contributed by atoms with E-state index in [-0.39, 0.29) is 23.4 Å². The van der Waals surface area contributed by atoms with Crippen LogP contribution in [0.5, 0.6) is 5.75 Å². The molecule has 2 aromatic rings. The van der Waals surface area contributed by atoms with Crippen molar-refractivity contribution in [1.29, 1.82) is 0 Å². The number of aryl methyl sites for hydroxylation is 2. The van der Waals surface area contributed by atoms with Crippen molar-refractivity contribution in [2.75, 3.05) is 32.2 Å². The number of anilines is 1. The van der Waals surface area contributed by atoms with Crippen LogP contribution >= 0.6 is 11.6 Å². The number of fused-ring (bicyclic) bond motifs is 1. The molecule has 0 radical (unpaired) electrons. The molecule has 0 aliphatic heterocycles. The summed E-state index contributed by atoms with van der Waals surface area (Å²) in [5, 5.41) is 5.68. The molecule has 2 N–H and O–H groups in total. The molecule has 2 amide bonds. The Hall–Kier alpha value is -2.57. The van der Waals surface area contributed by atoms with Gasteiger partial charge in [-0.1, -0.05) is 17.7 Å². The number of carbonyl (C=O) groups excluding carboxylic acids is 2. The van der Waals surface area contributed by atoms with Crippen molar-refractivity contribution in [3.05, 3.63) is 58.1 Å². The molecule has 6 nitrogen and oxygen atoms in total. The van der Waals surface area contributed by atoms with Crippen LogP contribution in [0.1, 0.15) is 27.9 Å². The Balaban J connectivity index is 1.52. The van der Waals surface area contributed by atoms with E-state index in [1.165, 1.54) is 17.5 Å². The van der Waals surface area contributed by atoms with Crippen molar-refractivity contribution in [2.24, 2.45) is 0 Å². The van der Waals surface area contributed by atoms with Gasteiger partial charge in [-0.2, -0.15) is 0 Å². The first-order valence-electron chi connectivity index (χ1n) is 9.18. The molecule has 0 aromatic heterocycles. The van der Waals surface area contributed by atoms with Gasteiger partial charge in [-0.05, 0) is 60.7 Å². The molecule has 0 atom stereocenters. The largest absolute Gasteiger partial charge is 0.484 e. The lowest BCUT2D eigenvalue weighted by molar-refractivity contribution is -0.118. The molecular weight excluding hydrogens is 380 g/mol. The lowest BCUT2D eigenvalue weighted by atomic mass is 10.1. The summed E-state index contributed by atoms with van der Waals surface area (Å²) in [6.07, 6.45) is 3.33. The fourth-order valence-corrected chi connectivity index (χ4v) is 3.39. The number of rotatable bonds is 8. The monoisotopic (exact) mass is 402 g/mol. The fraction of sp³-hybridized carbons (Fsp3) is 0.333. The van der Waals surface area contributed by atoms with Crippen LogP contribution in [0.25, 0.3) is 0 Å². The predicted molar refractivity (Wildman–Crippen MR) is 108 cm³/mol. The minimum absolute atomic E-state index is 0.102. The van der Waals surface area contributed by atoms with Crippen LogP contribution in [0.4, 0.5) is 5.69 Å². The molecule has 3 rings (SSSR count). The van der Waals surface area contributed by atoms with Crippen LogP contribution in [-0.4, -0.2) is 38.7 Å². The molecule has 0 spiro atoms. The topological polar surface area (TPSA) is 76.7 Å². The third-order valence-corrected chi connectivity index (χ3v) is 4.84. The minimum Gasteiger partial charge on any atom is -0.484 e. The Morgan fingerprint density at radius 2 is 1.93 bits per heavy atom. The van der Waals surface area contributed by atoms with Crippen molar-refractivity contribution in [3.8, 4) is 5.75 Å². The second-order valence-electron chi connectivity index (χ2n) is 6.56. The lowest BCUT2D eigenvalue weighted by Crippen LogP contribution is -2.27. The van der Waals surface area contributed by atoms with Crippen molar-refractivity contribution in [2.45, 2.75) is 19.3 Å². The van der Waals surface area contributed by atoms with Gasteiger partial charge >= 0.3 is 0 Å². The highest BCUT2D eigenvalue weighted by Crippen LogP contribution is 2.26. The van der Waals surface area contributed by atoms with Crippen molar-refractivity contribution < 1.29 is 19.1 Å². The standard InChI is InChI=1S/C21H23ClN2O4/c1-27-10-9-23-21(26)18-8-6-16(12-19(18)22)24-20(25)13-28-17-7-5-14-3-2-4-15(14)11-17/h5-8,11-12H,2-4,9-10,13H2,1H3,(H,23,26)(H,24,25).